The summed E-state index contributed by atoms with van der Waals surface area (Å²) in [6, 6.07) is 3.87. The Morgan fingerprint density at radius 2 is 2.05 bits per heavy atom. The van der Waals surface area contributed by atoms with Crippen LogP contribution in [0, 0.1) is 5.92 Å². The minimum absolute atomic E-state index is 0.0349. The molecule has 0 radical (unpaired) electrons. The average molecular weight is 332 g/mol. The predicted octanol–water partition coefficient (Wildman–Crippen LogP) is 2.14. The molecule has 0 spiro atoms. The molecule has 0 bridgehead atoms. The van der Waals surface area contributed by atoms with E-state index in [4.69, 9.17) is 27.9 Å². The molecule has 114 valence electrons. The summed E-state index contributed by atoms with van der Waals surface area (Å²) in [4.78, 5) is 23.3. The number of hydrogen-bond acceptors (Lipinski definition) is 3. The van der Waals surface area contributed by atoms with Gasteiger partial charge in [-0.25, -0.2) is 4.79 Å². The lowest BCUT2D eigenvalue weighted by molar-refractivity contribution is -0.142. The number of rotatable bonds is 5. The van der Waals surface area contributed by atoms with E-state index in [1.54, 1.807) is 18.2 Å². The van der Waals surface area contributed by atoms with Gasteiger partial charge in [0, 0.05) is 23.1 Å². The second kappa shape index (κ2) is 7.11. The molecule has 1 aliphatic heterocycles. The molecule has 1 aromatic carbocycles. The summed E-state index contributed by atoms with van der Waals surface area (Å²) in [7, 11) is 0. The summed E-state index contributed by atoms with van der Waals surface area (Å²) in [5.41, 5.74) is 0.510. The maximum Gasteiger partial charge on any atom is 0.326 e. The lowest BCUT2D eigenvalue weighted by Gasteiger charge is -2.18. The van der Waals surface area contributed by atoms with Crippen molar-refractivity contribution in [1.82, 2.24) is 5.32 Å². The van der Waals surface area contributed by atoms with Crippen LogP contribution < -0.4 is 5.32 Å². The summed E-state index contributed by atoms with van der Waals surface area (Å²) in [6.45, 7) is 0.844. The van der Waals surface area contributed by atoms with Gasteiger partial charge in [-0.2, -0.15) is 0 Å². The third-order valence-electron chi connectivity index (χ3n) is 3.38. The zero-order valence-corrected chi connectivity index (χ0v) is 12.7. The number of amides is 1. The fourth-order valence-corrected chi connectivity index (χ4v) is 2.71. The fraction of sp³-hybridized carbons (Fsp3) is 0.429. The van der Waals surface area contributed by atoms with E-state index in [0.29, 0.717) is 35.2 Å². The molecule has 2 rings (SSSR count). The van der Waals surface area contributed by atoms with Crippen LogP contribution in [0.3, 0.4) is 0 Å². The van der Waals surface area contributed by atoms with E-state index in [9.17, 15) is 14.7 Å². The van der Waals surface area contributed by atoms with E-state index < -0.39 is 12.0 Å². The van der Waals surface area contributed by atoms with Crippen LogP contribution in [0.1, 0.15) is 12.0 Å². The molecule has 0 aromatic heterocycles. The lowest BCUT2D eigenvalue weighted by Crippen LogP contribution is -2.45. The molecule has 1 amide bonds. The normalized spacial score (nSPS) is 19.2. The van der Waals surface area contributed by atoms with Crippen molar-refractivity contribution in [2.75, 3.05) is 13.2 Å². The molecule has 2 N–H and O–H groups in total. The SMILES string of the molecule is O=C(N[C@H](Cc1c(Cl)cccc1Cl)C(=O)O)[C@H]1CCOC1. The van der Waals surface area contributed by atoms with Gasteiger partial charge in [0.05, 0.1) is 12.5 Å². The van der Waals surface area contributed by atoms with Gasteiger partial charge in [-0.1, -0.05) is 29.3 Å². The summed E-state index contributed by atoms with van der Waals surface area (Å²) < 4.78 is 5.13. The van der Waals surface area contributed by atoms with Crippen molar-refractivity contribution >= 4 is 35.1 Å². The van der Waals surface area contributed by atoms with Crippen molar-refractivity contribution in [2.24, 2.45) is 5.92 Å². The van der Waals surface area contributed by atoms with Gasteiger partial charge in [-0.05, 0) is 24.1 Å². The van der Waals surface area contributed by atoms with Crippen LogP contribution in [0.4, 0.5) is 0 Å². The first-order valence-electron chi connectivity index (χ1n) is 6.53. The number of ether oxygens (including phenoxy) is 1. The first-order valence-corrected chi connectivity index (χ1v) is 7.28. The third kappa shape index (κ3) is 4.09. The Bertz CT molecular complexity index is 524. The predicted molar refractivity (Wildman–Crippen MR) is 78.7 cm³/mol. The van der Waals surface area contributed by atoms with Crippen molar-refractivity contribution in [2.45, 2.75) is 18.9 Å². The van der Waals surface area contributed by atoms with E-state index in [1.165, 1.54) is 0 Å². The van der Waals surface area contributed by atoms with Crippen molar-refractivity contribution in [3.63, 3.8) is 0 Å². The van der Waals surface area contributed by atoms with E-state index >= 15 is 0 Å². The van der Waals surface area contributed by atoms with E-state index in [1.807, 2.05) is 0 Å². The molecule has 1 saturated heterocycles. The molecule has 1 heterocycles. The number of carbonyl (C=O) groups excluding carboxylic acids is 1. The fourth-order valence-electron chi connectivity index (χ4n) is 2.16. The first kappa shape index (κ1) is 16.1. The number of carboxylic acids is 1. The molecular weight excluding hydrogens is 317 g/mol. The minimum atomic E-state index is -1.13. The lowest BCUT2D eigenvalue weighted by atomic mass is 10.0. The smallest absolute Gasteiger partial charge is 0.326 e. The molecule has 2 atom stereocenters. The largest absolute Gasteiger partial charge is 0.480 e. The average Bonchev–Trinajstić information content (AvgIpc) is 2.95. The van der Waals surface area contributed by atoms with Gasteiger partial charge in [-0.3, -0.25) is 4.79 Å². The third-order valence-corrected chi connectivity index (χ3v) is 4.09. The highest BCUT2D eigenvalue weighted by Crippen LogP contribution is 2.25. The Hall–Kier alpha value is -1.30. The van der Waals surface area contributed by atoms with Crippen molar-refractivity contribution in [1.29, 1.82) is 0 Å². The zero-order chi connectivity index (χ0) is 15.4. The molecule has 0 aliphatic carbocycles. The first-order chi connectivity index (χ1) is 9.99. The monoisotopic (exact) mass is 331 g/mol. The maximum atomic E-state index is 12.0. The second-order valence-corrected chi connectivity index (χ2v) is 5.68. The summed E-state index contributed by atoms with van der Waals surface area (Å²) in [5.74, 6) is -1.74. The number of halogens is 2. The van der Waals surface area contributed by atoms with Crippen LogP contribution in [0.2, 0.25) is 10.0 Å². The number of aliphatic carboxylic acids is 1. The Kier molecular flexibility index (Phi) is 5.45. The van der Waals surface area contributed by atoms with Gasteiger partial charge in [0.15, 0.2) is 0 Å². The highest BCUT2D eigenvalue weighted by molar-refractivity contribution is 6.36. The van der Waals surface area contributed by atoms with E-state index in [-0.39, 0.29) is 18.2 Å². The molecule has 1 fully saturated rings. The quantitative estimate of drug-likeness (QED) is 0.866. The standard InChI is InChI=1S/C14H15Cl2NO4/c15-10-2-1-3-11(16)9(10)6-12(14(19)20)17-13(18)8-4-5-21-7-8/h1-3,8,12H,4-7H2,(H,17,18)(H,19,20)/t8-,12+/m0/s1. The van der Waals surface area contributed by atoms with E-state index in [2.05, 4.69) is 5.32 Å². The van der Waals surface area contributed by atoms with Gasteiger partial charge >= 0.3 is 5.97 Å². The van der Waals surface area contributed by atoms with Gasteiger partial charge in [-0.15, -0.1) is 0 Å². The minimum Gasteiger partial charge on any atom is -0.480 e. The second-order valence-electron chi connectivity index (χ2n) is 4.86. The Labute approximate surface area is 132 Å². The summed E-state index contributed by atoms with van der Waals surface area (Å²) in [6.07, 6.45) is 0.637. The molecule has 7 heteroatoms. The topological polar surface area (TPSA) is 75.6 Å². The van der Waals surface area contributed by atoms with Gasteiger partial charge in [0.2, 0.25) is 5.91 Å². The number of carboxylic acid groups (broad SMARTS) is 1. The number of hydrogen-bond donors (Lipinski definition) is 2. The van der Waals surface area contributed by atoms with Crippen LogP contribution in [0.5, 0.6) is 0 Å². The van der Waals surface area contributed by atoms with Crippen LogP contribution in [0.25, 0.3) is 0 Å². The van der Waals surface area contributed by atoms with Crippen LogP contribution in [-0.4, -0.2) is 36.2 Å². The molecule has 1 aromatic rings. The van der Waals surface area contributed by atoms with Crippen LogP contribution in [-0.2, 0) is 20.7 Å². The van der Waals surface area contributed by atoms with Gasteiger partial charge in [0.25, 0.3) is 0 Å². The van der Waals surface area contributed by atoms with Crippen molar-refractivity contribution in [3.8, 4) is 0 Å². The van der Waals surface area contributed by atoms with Gasteiger partial charge < -0.3 is 15.2 Å². The zero-order valence-electron chi connectivity index (χ0n) is 11.1. The molecule has 1 aliphatic rings. The van der Waals surface area contributed by atoms with Gasteiger partial charge in [0.1, 0.15) is 6.04 Å². The van der Waals surface area contributed by atoms with Crippen LogP contribution >= 0.6 is 23.2 Å². The Morgan fingerprint density at radius 1 is 1.38 bits per heavy atom. The summed E-state index contributed by atoms with van der Waals surface area (Å²) >= 11 is 12.1. The molecular formula is C14H15Cl2NO4. The van der Waals surface area contributed by atoms with Crippen LogP contribution in [0.15, 0.2) is 18.2 Å². The molecule has 0 unspecified atom stereocenters. The number of benzene rings is 1. The molecule has 5 nitrogen and oxygen atoms in total. The number of nitrogens with one attached hydrogen (secondary N) is 1. The van der Waals surface area contributed by atoms with Crippen molar-refractivity contribution in [3.05, 3.63) is 33.8 Å². The molecule has 21 heavy (non-hydrogen) atoms. The maximum absolute atomic E-state index is 12.0. The number of carbonyl (C=O) groups is 2. The highest BCUT2D eigenvalue weighted by atomic mass is 35.5. The summed E-state index contributed by atoms with van der Waals surface area (Å²) in [5, 5.41) is 12.6. The van der Waals surface area contributed by atoms with Crippen molar-refractivity contribution < 1.29 is 19.4 Å². The highest BCUT2D eigenvalue weighted by Gasteiger charge is 2.28. The van der Waals surface area contributed by atoms with E-state index in [0.717, 1.165) is 0 Å². The Morgan fingerprint density at radius 3 is 2.57 bits per heavy atom. The molecule has 0 saturated carbocycles. The Balaban J connectivity index is 2.09.